The fraction of sp³-hybridized carbons (Fsp3) is 0.615. The second-order valence-corrected chi connectivity index (χ2v) is 5.30. The minimum atomic E-state index is -4.53. The molecular formula is C13H16F3N3O2. The Morgan fingerprint density at radius 3 is 2.38 bits per heavy atom. The van der Waals surface area contributed by atoms with E-state index in [-0.39, 0.29) is 12.4 Å². The highest BCUT2D eigenvalue weighted by Crippen LogP contribution is 2.36. The van der Waals surface area contributed by atoms with Gasteiger partial charge in [0, 0.05) is 6.54 Å². The van der Waals surface area contributed by atoms with E-state index in [4.69, 9.17) is 0 Å². The maximum Gasteiger partial charge on any atom is 0.435 e. The summed E-state index contributed by atoms with van der Waals surface area (Å²) >= 11 is 0. The van der Waals surface area contributed by atoms with Gasteiger partial charge >= 0.3 is 12.1 Å². The normalized spacial score (nSPS) is 18.2. The van der Waals surface area contributed by atoms with Gasteiger partial charge in [-0.15, -0.1) is 10.2 Å². The number of hydrogen-bond acceptors (Lipinski definition) is 4. The Kier molecular flexibility index (Phi) is 4.34. The molecule has 0 amide bonds. The Morgan fingerprint density at radius 1 is 1.24 bits per heavy atom. The van der Waals surface area contributed by atoms with Gasteiger partial charge < -0.3 is 10.4 Å². The Morgan fingerprint density at radius 2 is 1.90 bits per heavy atom. The molecule has 2 N–H and O–H groups in total. The molecule has 0 radical (unpaired) electrons. The summed E-state index contributed by atoms with van der Waals surface area (Å²) in [5, 5.41) is 18.7. The molecule has 0 aliphatic heterocycles. The molecule has 1 aliphatic carbocycles. The summed E-state index contributed by atoms with van der Waals surface area (Å²) in [6.45, 7) is 0.141. The Labute approximate surface area is 119 Å². The Hall–Kier alpha value is -1.86. The van der Waals surface area contributed by atoms with Gasteiger partial charge in [0.2, 0.25) is 0 Å². The van der Waals surface area contributed by atoms with Crippen LogP contribution in [0.25, 0.3) is 0 Å². The van der Waals surface area contributed by atoms with Gasteiger partial charge in [-0.1, -0.05) is 19.3 Å². The number of anilines is 1. The molecule has 2 rings (SSSR count). The van der Waals surface area contributed by atoms with E-state index in [2.05, 4.69) is 15.5 Å². The maximum absolute atomic E-state index is 12.4. The quantitative estimate of drug-likeness (QED) is 0.894. The van der Waals surface area contributed by atoms with Crippen molar-refractivity contribution >= 4 is 11.8 Å². The molecule has 0 spiro atoms. The topological polar surface area (TPSA) is 75.1 Å². The van der Waals surface area contributed by atoms with Crippen molar-refractivity contribution in [2.45, 2.75) is 38.3 Å². The molecule has 0 unspecified atom stereocenters. The van der Waals surface area contributed by atoms with Crippen molar-refractivity contribution in [2.24, 2.45) is 5.41 Å². The first kappa shape index (κ1) is 15.5. The predicted molar refractivity (Wildman–Crippen MR) is 68.7 cm³/mol. The van der Waals surface area contributed by atoms with E-state index in [0.29, 0.717) is 12.8 Å². The molecule has 1 fully saturated rings. The summed E-state index contributed by atoms with van der Waals surface area (Å²) in [5.74, 6) is -0.733. The Bertz CT molecular complexity index is 496. The fourth-order valence-corrected chi connectivity index (χ4v) is 2.53. The summed E-state index contributed by atoms with van der Waals surface area (Å²) in [6.07, 6.45) is -0.724. The summed E-state index contributed by atoms with van der Waals surface area (Å²) in [7, 11) is 0. The molecular weight excluding hydrogens is 287 g/mol. The van der Waals surface area contributed by atoms with Crippen LogP contribution in [0.5, 0.6) is 0 Å². The van der Waals surface area contributed by atoms with Crippen LogP contribution in [0.15, 0.2) is 12.1 Å². The van der Waals surface area contributed by atoms with Gasteiger partial charge in [0.25, 0.3) is 0 Å². The number of rotatable bonds is 4. The van der Waals surface area contributed by atoms with E-state index in [0.717, 1.165) is 31.4 Å². The molecule has 1 heterocycles. The molecule has 0 saturated heterocycles. The van der Waals surface area contributed by atoms with E-state index in [9.17, 15) is 23.1 Å². The van der Waals surface area contributed by atoms with Gasteiger partial charge in [0.1, 0.15) is 5.82 Å². The van der Waals surface area contributed by atoms with Crippen molar-refractivity contribution in [2.75, 3.05) is 11.9 Å². The number of hydrogen-bond donors (Lipinski definition) is 2. The van der Waals surface area contributed by atoms with Crippen LogP contribution in [-0.4, -0.2) is 27.8 Å². The minimum absolute atomic E-state index is 0.141. The van der Waals surface area contributed by atoms with Crippen molar-refractivity contribution in [3.8, 4) is 0 Å². The van der Waals surface area contributed by atoms with Gasteiger partial charge in [0.05, 0.1) is 5.41 Å². The van der Waals surface area contributed by atoms with Gasteiger partial charge in [-0.05, 0) is 25.0 Å². The number of carbonyl (C=O) groups is 1. The zero-order valence-corrected chi connectivity index (χ0v) is 11.3. The standard InChI is InChI=1S/C13H16F3N3O2/c14-13(15,16)9-4-5-10(19-18-9)17-8-12(11(20)21)6-2-1-3-7-12/h4-5H,1-3,6-8H2,(H,17,19)(H,20,21). The molecule has 0 aromatic carbocycles. The molecule has 8 heteroatoms. The zero-order valence-electron chi connectivity index (χ0n) is 11.3. The molecule has 1 aliphatic rings. The number of aromatic nitrogens is 2. The first-order valence-corrected chi connectivity index (χ1v) is 6.72. The average molecular weight is 303 g/mol. The van der Waals surface area contributed by atoms with E-state index < -0.39 is 23.3 Å². The van der Waals surface area contributed by atoms with Gasteiger partial charge in [-0.2, -0.15) is 13.2 Å². The number of nitrogens with one attached hydrogen (secondary N) is 1. The highest BCUT2D eigenvalue weighted by molar-refractivity contribution is 5.75. The van der Waals surface area contributed by atoms with Crippen molar-refractivity contribution in [3.63, 3.8) is 0 Å². The number of alkyl halides is 3. The van der Waals surface area contributed by atoms with Gasteiger partial charge in [-0.3, -0.25) is 4.79 Å². The minimum Gasteiger partial charge on any atom is -0.481 e. The number of carboxylic acids is 1. The molecule has 0 bridgehead atoms. The van der Waals surface area contributed by atoms with Crippen molar-refractivity contribution in [3.05, 3.63) is 17.8 Å². The Balaban J connectivity index is 2.03. The number of aliphatic carboxylic acids is 1. The third-order valence-corrected chi connectivity index (χ3v) is 3.83. The van der Waals surface area contributed by atoms with Gasteiger partial charge in [0.15, 0.2) is 5.69 Å². The van der Waals surface area contributed by atoms with Crippen molar-refractivity contribution in [1.29, 1.82) is 0 Å². The third-order valence-electron chi connectivity index (χ3n) is 3.83. The first-order chi connectivity index (χ1) is 9.83. The SMILES string of the molecule is O=C(O)C1(CNc2ccc(C(F)(F)F)nn2)CCCCC1. The molecule has 1 aromatic heterocycles. The molecule has 116 valence electrons. The van der Waals surface area contributed by atoms with Crippen LogP contribution in [0.2, 0.25) is 0 Å². The lowest BCUT2D eigenvalue weighted by Gasteiger charge is -2.33. The zero-order chi connectivity index (χ0) is 15.5. The van der Waals surface area contributed by atoms with Crippen LogP contribution in [0.1, 0.15) is 37.8 Å². The maximum atomic E-state index is 12.4. The highest BCUT2D eigenvalue weighted by Gasteiger charge is 2.39. The first-order valence-electron chi connectivity index (χ1n) is 6.72. The van der Waals surface area contributed by atoms with E-state index in [1.807, 2.05) is 0 Å². The fourth-order valence-electron chi connectivity index (χ4n) is 2.53. The van der Waals surface area contributed by atoms with Crippen LogP contribution in [-0.2, 0) is 11.0 Å². The van der Waals surface area contributed by atoms with Crippen molar-refractivity contribution < 1.29 is 23.1 Å². The smallest absolute Gasteiger partial charge is 0.435 e. The lowest BCUT2D eigenvalue weighted by atomic mass is 9.74. The monoisotopic (exact) mass is 303 g/mol. The summed E-state index contributed by atoms with van der Waals surface area (Å²) in [6, 6.07) is 1.98. The second kappa shape index (κ2) is 5.87. The van der Waals surface area contributed by atoms with Crippen LogP contribution in [0.4, 0.5) is 19.0 Å². The largest absolute Gasteiger partial charge is 0.481 e. The number of carboxylic acid groups (broad SMARTS) is 1. The van der Waals surface area contributed by atoms with Crippen LogP contribution in [0, 0.1) is 5.41 Å². The highest BCUT2D eigenvalue weighted by atomic mass is 19.4. The number of nitrogens with zero attached hydrogens (tertiary/aromatic N) is 2. The van der Waals surface area contributed by atoms with Gasteiger partial charge in [-0.25, -0.2) is 0 Å². The summed E-state index contributed by atoms with van der Waals surface area (Å²) in [5.41, 5.74) is -1.94. The average Bonchev–Trinajstić information content (AvgIpc) is 2.45. The lowest BCUT2D eigenvalue weighted by Crippen LogP contribution is -2.39. The summed E-state index contributed by atoms with van der Waals surface area (Å²) in [4.78, 5) is 11.5. The van der Waals surface area contributed by atoms with E-state index in [1.165, 1.54) is 0 Å². The predicted octanol–water partition coefficient (Wildman–Crippen LogP) is 2.94. The number of halogens is 3. The van der Waals surface area contributed by atoms with Crippen LogP contribution in [0.3, 0.4) is 0 Å². The molecule has 1 saturated carbocycles. The van der Waals surface area contributed by atoms with Crippen LogP contribution >= 0.6 is 0 Å². The molecule has 0 atom stereocenters. The molecule has 21 heavy (non-hydrogen) atoms. The molecule has 5 nitrogen and oxygen atoms in total. The van der Waals surface area contributed by atoms with E-state index in [1.54, 1.807) is 0 Å². The molecule has 1 aromatic rings. The van der Waals surface area contributed by atoms with Crippen molar-refractivity contribution in [1.82, 2.24) is 10.2 Å². The second-order valence-electron chi connectivity index (χ2n) is 5.30. The van der Waals surface area contributed by atoms with E-state index >= 15 is 0 Å². The third kappa shape index (κ3) is 3.62. The lowest BCUT2D eigenvalue weighted by molar-refractivity contribution is -0.150. The van der Waals surface area contributed by atoms with Crippen LogP contribution < -0.4 is 5.32 Å². The summed E-state index contributed by atoms with van der Waals surface area (Å²) < 4.78 is 37.1.